The van der Waals surface area contributed by atoms with Crippen LogP contribution in [0.25, 0.3) is 0 Å². The van der Waals surface area contributed by atoms with Crippen LogP contribution in [0.1, 0.15) is 40.2 Å². The third kappa shape index (κ3) is 3.76. The maximum atomic E-state index is 11.7. The monoisotopic (exact) mass is 248 g/mol. The van der Waals surface area contributed by atoms with Crippen LogP contribution in [-0.2, 0) is 5.41 Å². The smallest absolute Gasteiger partial charge is 0.410 e. The van der Waals surface area contributed by atoms with Gasteiger partial charge in [0.1, 0.15) is 5.75 Å². The zero-order valence-corrected chi connectivity index (χ0v) is 11.9. The van der Waals surface area contributed by atoms with Crippen molar-refractivity contribution >= 4 is 6.09 Å². The van der Waals surface area contributed by atoms with Gasteiger partial charge < -0.3 is 9.64 Å². The lowest BCUT2D eigenvalue weighted by Crippen LogP contribution is -2.33. The first-order valence-corrected chi connectivity index (χ1v) is 6.37. The normalized spacial score (nSPS) is 11.2. The first kappa shape index (κ1) is 14.6. The summed E-state index contributed by atoms with van der Waals surface area (Å²) in [5.41, 5.74) is 1.25. The summed E-state index contributed by atoms with van der Waals surface area (Å²) < 4.78 is 5.26. The number of hydrogen-bond donors (Lipinski definition) is 0. The van der Waals surface area contributed by atoms with Gasteiger partial charge in [-0.2, -0.15) is 0 Å². The van der Waals surface area contributed by atoms with Gasteiger partial charge in [0.25, 0.3) is 0 Å². The topological polar surface area (TPSA) is 29.5 Å². The van der Waals surface area contributed by atoms with E-state index in [0.717, 1.165) is 0 Å². The molecule has 0 saturated carbocycles. The van der Waals surface area contributed by atoms with E-state index < -0.39 is 0 Å². The lowest BCUT2D eigenvalue weighted by Gasteiger charge is -2.20. The van der Waals surface area contributed by atoms with E-state index in [1.165, 1.54) is 5.56 Å². The van der Waals surface area contributed by atoms with Gasteiger partial charge in [-0.15, -0.1) is 0 Å². The molecule has 0 aliphatic carbocycles. The highest BCUT2D eigenvalue weighted by Crippen LogP contribution is 2.24. The van der Waals surface area contributed by atoms with Gasteiger partial charge in [-0.1, -0.05) is 26.8 Å². The number of nitrogens with zero attached hydrogens (tertiary/aromatic N) is 1. The Bertz CT molecular complexity index is 386. The van der Waals surface area contributed by atoms with Gasteiger partial charge in [0.2, 0.25) is 0 Å². The predicted molar refractivity (Wildman–Crippen MR) is 72.9 cm³/mol. The largest absolute Gasteiger partial charge is 0.415 e. The fourth-order valence-electron chi connectivity index (χ4n) is 1.58. The summed E-state index contributed by atoms with van der Waals surface area (Å²) >= 11 is 0. The molecule has 0 aromatic heterocycles. The van der Waals surface area contributed by atoms with Crippen molar-refractivity contribution in [3.8, 4) is 5.75 Å². The molecule has 18 heavy (non-hydrogen) atoms. The van der Waals surface area contributed by atoms with Crippen molar-refractivity contribution in [1.29, 1.82) is 0 Å². The molecule has 0 aliphatic heterocycles. The Kier molecular flexibility index (Phi) is 4.76. The average molecular weight is 248 g/mol. The molecule has 0 unspecified atom stereocenters. The molecule has 0 aliphatic rings. The van der Waals surface area contributed by atoms with Crippen LogP contribution in [0.15, 0.2) is 18.2 Å². The van der Waals surface area contributed by atoms with E-state index in [-0.39, 0.29) is 11.5 Å². The van der Waals surface area contributed by atoms with Crippen molar-refractivity contribution in [3.05, 3.63) is 29.8 Å². The molecule has 0 N–H and O–H groups in total. The fourth-order valence-corrected chi connectivity index (χ4v) is 1.58. The van der Waals surface area contributed by atoms with Crippen LogP contribution in [0.3, 0.4) is 0 Å². The second kappa shape index (κ2) is 5.89. The van der Waals surface area contributed by atoms with Crippen LogP contribution in [0.5, 0.6) is 5.75 Å². The van der Waals surface area contributed by atoms with Crippen molar-refractivity contribution in [2.45, 2.75) is 40.0 Å². The van der Waals surface area contributed by atoms with Crippen LogP contribution >= 0.6 is 0 Å². The number of benzene rings is 1. The SMILES string of the molecule is CCN(CC)C(=O)Oc1[c]cc(C(C)(C)C)cc1. The summed E-state index contributed by atoms with van der Waals surface area (Å²) in [6, 6.07) is 8.65. The lowest BCUT2D eigenvalue weighted by molar-refractivity contribution is 0.157. The van der Waals surface area contributed by atoms with Crippen molar-refractivity contribution in [3.63, 3.8) is 0 Å². The quantitative estimate of drug-likeness (QED) is 0.817. The molecule has 0 bridgehead atoms. The number of ether oxygens (including phenoxy) is 1. The molecule has 1 radical (unpaired) electrons. The Hall–Kier alpha value is -1.51. The molecule has 1 rings (SSSR count). The van der Waals surface area contributed by atoms with Crippen LogP contribution in [0.4, 0.5) is 4.79 Å². The molecule has 0 fully saturated rings. The molecular formula is C15H22NO2. The Morgan fingerprint density at radius 2 is 1.89 bits per heavy atom. The first-order chi connectivity index (χ1) is 8.38. The third-order valence-electron chi connectivity index (χ3n) is 2.87. The molecule has 1 aromatic carbocycles. The standard InChI is InChI=1S/C15H22NO2/c1-6-16(7-2)14(17)18-13-10-8-12(9-11-13)15(3,4)5/h8-10H,6-7H2,1-5H3. The van der Waals surface area contributed by atoms with Gasteiger partial charge in [-0.05, 0) is 37.0 Å². The highest BCUT2D eigenvalue weighted by molar-refractivity contribution is 5.70. The van der Waals surface area contributed by atoms with E-state index in [0.29, 0.717) is 18.8 Å². The minimum Gasteiger partial charge on any atom is -0.410 e. The Morgan fingerprint density at radius 3 is 2.28 bits per heavy atom. The number of hydrogen-bond acceptors (Lipinski definition) is 2. The van der Waals surface area contributed by atoms with E-state index in [9.17, 15) is 4.79 Å². The average Bonchev–Trinajstić information content (AvgIpc) is 2.30. The Balaban J connectivity index is 2.72. The van der Waals surface area contributed by atoms with Crippen LogP contribution in [0, 0.1) is 6.07 Å². The molecule has 3 nitrogen and oxygen atoms in total. The van der Waals surface area contributed by atoms with E-state index in [1.54, 1.807) is 11.0 Å². The summed E-state index contributed by atoms with van der Waals surface area (Å²) in [6.45, 7) is 11.6. The van der Waals surface area contributed by atoms with E-state index >= 15 is 0 Å². The molecule has 0 spiro atoms. The summed E-state index contributed by atoms with van der Waals surface area (Å²) in [4.78, 5) is 13.4. The summed E-state index contributed by atoms with van der Waals surface area (Å²) in [5.74, 6) is 0.472. The number of rotatable bonds is 3. The maximum absolute atomic E-state index is 11.7. The van der Waals surface area contributed by atoms with Gasteiger partial charge in [0, 0.05) is 19.2 Å². The van der Waals surface area contributed by atoms with Crippen molar-refractivity contribution in [1.82, 2.24) is 4.90 Å². The fraction of sp³-hybridized carbons (Fsp3) is 0.533. The van der Waals surface area contributed by atoms with Gasteiger partial charge in [0.05, 0.1) is 0 Å². The predicted octanol–water partition coefficient (Wildman–Crippen LogP) is 3.62. The van der Waals surface area contributed by atoms with Gasteiger partial charge in [-0.25, -0.2) is 4.79 Å². The van der Waals surface area contributed by atoms with E-state index in [1.807, 2.05) is 26.0 Å². The van der Waals surface area contributed by atoms with Crippen molar-refractivity contribution < 1.29 is 9.53 Å². The summed E-state index contributed by atoms with van der Waals surface area (Å²) in [7, 11) is 0. The highest BCUT2D eigenvalue weighted by atomic mass is 16.6. The molecule has 3 heteroatoms. The van der Waals surface area contributed by atoms with Crippen molar-refractivity contribution in [2.75, 3.05) is 13.1 Å². The highest BCUT2D eigenvalue weighted by Gasteiger charge is 2.15. The van der Waals surface area contributed by atoms with Gasteiger partial charge in [0.15, 0.2) is 0 Å². The number of amides is 1. The maximum Gasteiger partial charge on any atom is 0.415 e. The second-order valence-electron chi connectivity index (χ2n) is 5.23. The van der Waals surface area contributed by atoms with Crippen LogP contribution in [-0.4, -0.2) is 24.1 Å². The zero-order valence-electron chi connectivity index (χ0n) is 11.9. The molecule has 0 atom stereocenters. The molecule has 0 heterocycles. The lowest BCUT2D eigenvalue weighted by atomic mass is 9.87. The van der Waals surface area contributed by atoms with Crippen LogP contribution in [0.2, 0.25) is 0 Å². The third-order valence-corrected chi connectivity index (χ3v) is 2.87. The molecule has 1 aromatic rings. The van der Waals surface area contributed by atoms with E-state index in [4.69, 9.17) is 4.74 Å². The van der Waals surface area contributed by atoms with Gasteiger partial charge >= 0.3 is 6.09 Å². The summed E-state index contributed by atoms with van der Waals surface area (Å²) in [5, 5.41) is 0. The first-order valence-electron chi connectivity index (χ1n) is 6.37. The van der Waals surface area contributed by atoms with Gasteiger partial charge in [-0.3, -0.25) is 0 Å². The minimum atomic E-state index is -0.320. The summed E-state index contributed by atoms with van der Waals surface area (Å²) in [6.07, 6.45) is -0.320. The Morgan fingerprint density at radius 1 is 1.28 bits per heavy atom. The molecule has 1 amide bonds. The zero-order chi connectivity index (χ0) is 13.8. The van der Waals surface area contributed by atoms with Crippen LogP contribution < -0.4 is 4.74 Å². The minimum absolute atomic E-state index is 0.0813. The molecular weight excluding hydrogens is 226 g/mol. The Labute approximate surface area is 110 Å². The number of carbonyl (C=O) groups excluding carboxylic acids is 1. The molecule has 0 saturated heterocycles. The second-order valence-corrected chi connectivity index (χ2v) is 5.23. The number of carbonyl (C=O) groups is 1. The van der Waals surface area contributed by atoms with Crippen molar-refractivity contribution in [2.24, 2.45) is 0 Å². The molecule has 99 valence electrons. The van der Waals surface area contributed by atoms with E-state index in [2.05, 4.69) is 26.8 Å².